The first-order valence-electron chi connectivity index (χ1n) is 3.56. The van der Waals surface area contributed by atoms with Crippen molar-refractivity contribution in [3.63, 3.8) is 0 Å². The lowest BCUT2D eigenvalue weighted by molar-refractivity contribution is 0.495. The van der Waals surface area contributed by atoms with E-state index in [4.69, 9.17) is 0 Å². The zero-order valence-corrected chi connectivity index (χ0v) is 7.04. The molecule has 1 aliphatic heterocycles. The average Bonchev–Trinajstić information content (AvgIpc) is 2.08. The van der Waals surface area contributed by atoms with Gasteiger partial charge in [0.25, 0.3) is 0 Å². The summed E-state index contributed by atoms with van der Waals surface area (Å²) in [5.74, 6) is 0. The van der Waals surface area contributed by atoms with Crippen molar-refractivity contribution in [3.8, 4) is 0 Å². The maximum Gasteiger partial charge on any atom is 0.0226 e. The first-order valence-corrected chi connectivity index (χ1v) is 4.01. The van der Waals surface area contributed by atoms with Gasteiger partial charge in [0.2, 0.25) is 0 Å². The van der Waals surface area contributed by atoms with Crippen LogP contribution < -0.4 is 5.32 Å². The number of hydrogen-bond acceptors (Lipinski definition) is 2. The molecule has 54 valence electrons. The Kier molecular flexibility index (Phi) is 2.07. The summed E-state index contributed by atoms with van der Waals surface area (Å²) in [6, 6.07) is 0.626. The highest BCUT2D eigenvalue weighted by Gasteiger charge is 2.27. The molecule has 0 aromatic heterocycles. The highest BCUT2D eigenvalue weighted by atomic mass is 32.1. The summed E-state index contributed by atoms with van der Waals surface area (Å²) in [6.07, 6.45) is 2.60. The molecule has 1 rings (SSSR count). The minimum Gasteiger partial charge on any atom is -0.313 e. The van der Waals surface area contributed by atoms with E-state index in [9.17, 15) is 0 Å². The number of nitrogens with one attached hydrogen (secondary N) is 1. The van der Waals surface area contributed by atoms with Gasteiger partial charge in [-0.25, -0.2) is 0 Å². The lowest BCUT2D eigenvalue weighted by Gasteiger charge is -2.25. The van der Waals surface area contributed by atoms with E-state index in [2.05, 4.69) is 31.8 Å². The quantitative estimate of drug-likeness (QED) is 0.532. The molecule has 9 heavy (non-hydrogen) atoms. The highest BCUT2D eigenvalue weighted by Crippen LogP contribution is 2.23. The van der Waals surface area contributed by atoms with E-state index in [1.54, 1.807) is 0 Å². The molecule has 0 spiro atoms. The van der Waals surface area contributed by atoms with Crippen LogP contribution in [0.2, 0.25) is 0 Å². The molecule has 0 amide bonds. The Morgan fingerprint density at radius 1 is 1.56 bits per heavy atom. The van der Waals surface area contributed by atoms with Gasteiger partial charge in [-0.15, -0.1) is 0 Å². The van der Waals surface area contributed by atoms with Crippen molar-refractivity contribution >= 4 is 12.6 Å². The van der Waals surface area contributed by atoms with E-state index in [0.29, 0.717) is 6.04 Å². The molecule has 1 atom stereocenters. The van der Waals surface area contributed by atoms with Gasteiger partial charge in [0.15, 0.2) is 0 Å². The molecule has 0 radical (unpaired) electrons. The SMILES string of the molecule is CC(C)(S)C1CCCN1. The predicted molar refractivity (Wildman–Crippen MR) is 44.1 cm³/mol. The zero-order valence-electron chi connectivity index (χ0n) is 6.15. The highest BCUT2D eigenvalue weighted by molar-refractivity contribution is 7.81. The molecule has 2 heteroatoms. The number of hydrogen-bond donors (Lipinski definition) is 2. The second-order valence-electron chi connectivity index (χ2n) is 3.30. The molecule has 1 saturated heterocycles. The largest absolute Gasteiger partial charge is 0.313 e. The summed E-state index contributed by atoms with van der Waals surface area (Å²) < 4.78 is 0.163. The Hall–Kier alpha value is 0.310. The van der Waals surface area contributed by atoms with Crippen molar-refractivity contribution in [1.82, 2.24) is 5.32 Å². The Bertz CT molecular complexity index is 89.6. The van der Waals surface area contributed by atoms with Gasteiger partial charge >= 0.3 is 0 Å². The normalized spacial score (nSPS) is 29.0. The maximum absolute atomic E-state index is 4.49. The van der Waals surface area contributed by atoms with Crippen LogP contribution in [-0.2, 0) is 0 Å². The molecule has 1 aliphatic rings. The van der Waals surface area contributed by atoms with E-state index in [-0.39, 0.29) is 4.75 Å². The molecule has 1 N–H and O–H groups in total. The summed E-state index contributed by atoms with van der Waals surface area (Å²) in [5.41, 5.74) is 0. The third kappa shape index (κ3) is 1.87. The van der Waals surface area contributed by atoms with Crippen LogP contribution in [-0.4, -0.2) is 17.3 Å². The average molecular weight is 145 g/mol. The summed E-state index contributed by atoms with van der Waals surface area (Å²) in [7, 11) is 0. The van der Waals surface area contributed by atoms with Crippen LogP contribution in [0.25, 0.3) is 0 Å². The van der Waals surface area contributed by atoms with E-state index in [1.807, 2.05) is 0 Å². The molecular weight excluding hydrogens is 130 g/mol. The van der Waals surface area contributed by atoms with Gasteiger partial charge in [-0.3, -0.25) is 0 Å². The number of thiol groups is 1. The first-order chi connectivity index (χ1) is 4.11. The minimum atomic E-state index is 0.163. The number of rotatable bonds is 1. The first kappa shape index (κ1) is 7.42. The fourth-order valence-electron chi connectivity index (χ4n) is 1.29. The van der Waals surface area contributed by atoms with Gasteiger partial charge in [0, 0.05) is 10.8 Å². The molecule has 1 unspecified atom stereocenters. The van der Waals surface area contributed by atoms with Crippen LogP contribution >= 0.6 is 12.6 Å². The van der Waals surface area contributed by atoms with Crippen LogP contribution in [0, 0.1) is 0 Å². The lowest BCUT2D eigenvalue weighted by atomic mass is 10.0. The Labute approximate surface area is 62.6 Å². The van der Waals surface area contributed by atoms with E-state index < -0.39 is 0 Å². The van der Waals surface area contributed by atoms with E-state index in [1.165, 1.54) is 19.4 Å². The maximum atomic E-state index is 4.49. The van der Waals surface area contributed by atoms with Gasteiger partial charge in [-0.05, 0) is 33.2 Å². The van der Waals surface area contributed by atoms with Crippen molar-refractivity contribution in [2.75, 3.05) is 6.54 Å². The molecule has 0 bridgehead atoms. The third-order valence-electron chi connectivity index (χ3n) is 1.91. The molecule has 0 aliphatic carbocycles. The van der Waals surface area contributed by atoms with Crippen molar-refractivity contribution in [3.05, 3.63) is 0 Å². The summed E-state index contributed by atoms with van der Waals surface area (Å²) in [4.78, 5) is 0. The smallest absolute Gasteiger partial charge is 0.0226 e. The Morgan fingerprint density at radius 3 is 2.44 bits per heavy atom. The van der Waals surface area contributed by atoms with Crippen molar-refractivity contribution in [2.45, 2.75) is 37.5 Å². The standard InChI is InChI=1S/C7H15NS/c1-7(2,9)6-4-3-5-8-6/h6,8-9H,3-5H2,1-2H3. The molecular formula is C7H15NS. The van der Waals surface area contributed by atoms with Gasteiger partial charge in [-0.1, -0.05) is 0 Å². The van der Waals surface area contributed by atoms with Crippen LogP contribution in [0.3, 0.4) is 0 Å². The topological polar surface area (TPSA) is 12.0 Å². The molecule has 1 nitrogen and oxygen atoms in total. The monoisotopic (exact) mass is 145 g/mol. The van der Waals surface area contributed by atoms with E-state index >= 15 is 0 Å². The molecule has 1 heterocycles. The van der Waals surface area contributed by atoms with Crippen LogP contribution in [0.15, 0.2) is 0 Å². The molecule has 0 saturated carbocycles. The molecule has 1 fully saturated rings. The van der Waals surface area contributed by atoms with Gasteiger partial charge in [0.05, 0.1) is 0 Å². The zero-order chi connectivity index (χ0) is 6.91. The fraction of sp³-hybridized carbons (Fsp3) is 1.00. The van der Waals surface area contributed by atoms with Crippen molar-refractivity contribution in [1.29, 1.82) is 0 Å². The Balaban J connectivity index is 2.42. The van der Waals surface area contributed by atoms with Crippen LogP contribution in [0.1, 0.15) is 26.7 Å². The van der Waals surface area contributed by atoms with E-state index in [0.717, 1.165) is 0 Å². The third-order valence-corrected chi connectivity index (χ3v) is 2.22. The van der Waals surface area contributed by atoms with Crippen LogP contribution in [0.4, 0.5) is 0 Å². The van der Waals surface area contributed by atoms with Crippen molar-refractivity contribution < 1.29 is 0 Å². The van der Waals surface area contributed by atoms with Gasteiger partial charge < -0.3 is 5.32 Å². The lowest BCUT2D eigenvalue weighted by Crippen LogP contribution is -2.38. The second kappa shape index (κ2) is 2.51. The Morgan fingerprint density at radius 2 is 2.22 bits per heavy atom. The predicted octanol–water partition coefficient (Wildman–Crippen LogP) is 1.45. The van der Waals surface area contributed by atoms with Gasteiger partial charge in [0.1, 0.15) is 0 Å². The van der Waals surface area contributed by atoms with Gasteiger partial charge in [-0.2, -0.15) is 12.6 Å². The molecule has 0 aromatic carbocycles. The summed E-state index contributed by atoms with van der Waals surface area (Å²) in [6.45, 7) is 5.51. The fourth-order valence-corrected chi connectivity index (χ4v) is 1.51. The van der Waals surface area contributed by atoms with Crippen LogP contribution in [0.5, 0.6) is 0 Å². The minimum absolute atomic E-state index is 0.163. The summed E-state index contributed by atoms with van der Waals surface area (Å²) in [5, 5.41) is 3.42. The van der Waals surface area contributed by atoms with Crippen molar-refractivity contribution in [2.24, 2.45) is 0 Å². The molecule has 0 aromatic rings. The second-order valence-corrected chi connectivity index (χ2v) is 4.46. The summed E-state index contributed by atoms with van der Waals surface area (Å²) >= 11 is 4.49.